The molecule has 0 aliphatic carbocycles. The van der Waals surface area contributed by atoms with E-state index in [0.29, 0.717) is 16.9 Å². The quantitative estimate of drug-likeness (QED) is 0.551. The van der Waals surface area contributed by atoms with E-state index in [9.17, 15) is 14.4 Å². The summed E-state index contributed by atoms with van der Waals surface area (Å²) in [4.78, 5) is 12.1. The van der Waals surface area contributed by atoms with Crippen LogP contribution in [0.2, 0.25) is 0 Å². The SMILES string of the molecule is N#CC1=C(N)Oc2cc(OC(=O)c3ccco3)ccc2C1c1cccc(F)c1. The molecule has 3 aromatic rings. The van der Waals surface area contributed by atoms with Gasteiger partial charge in [0.2, 0.25) is 11.6 Å². The molecular weight excluding hydrogens is 363 g/mol. The van der Waals surface area contributed by atoms with Crippen LogP contribution in [-0.4, -0.2) is 5.97 Å². The molecule has 7 heteroatoms. The van der Waals surface area contributed by atoms with Crippen LogP contribution < -0.4 is 15.2 Å². The van der Waals surface area contributed by atoms with Crippen molar-refractivity contribution in [3.05, 3.63) is 95.0 Å². The number of ether oxygens (including phenoxy) is 2. The van der Waals surface area contributed by atoms with Gasteiger partial charge in [-0.1, -0.05) is 18.2 Å². The van der Waals surface area contributed by atoms with Crippen molar-refractivity contribution in [2.75, 3.05) is 0 Å². The number of nitrogens with zero attached hydrogens (tertiary/aromatic N) is 1. The Hall–Kier alpha value is -4.05. The molecule has 0 saturated heterocycles. The fraction of sp³-hybridized carbons (Fsp3) is 0.0476. The summed E-state index contributed by atoms with van der Waals surface area (Å²) in [5.74, 6) is -1.18. The van der Waals surface area contributed by atoms with Gasteiger partial charge in [0.05, 0.1) is 12.2 Å². The molecule has 6 nitrogen and oxygen atoms in total. The molecule has 2 N–H and O–H groups in total. The number of hydrogen-bond donors (Lipinski definition) is 1. The lowest BCUT2D eigenvalue weighted by atomic mass is 9.83. The molecule has 1 aliphatic heterocycles. The van der Waals surface area contributed by atoms with Gasteiger partial charge in [-0.15, -0.1) is 0 Å². The van der Waals surface area contributed by atoms with Crippen LogP contribution in [0.1, 0.15) is 27.6 Å². The third kappa shape index (κ3) is 3.08. The first-order valence-corrected chi connectivity index (χ1v) is 8.29. The lowest BCUT2D eigenvalue weighted by molar-refractivity contribution is 0.0701. The number of nitriles is 1. The highest BCUT2D eigenvalue weighted by Crippen LogP contribution is 2.43. The number of rotatable bonds is 3. The van der Waals surface area contributed by atoms with Crippen LogP contribution in [0.15, 0.2) is 76.7 Å². The van der Waals surface area contributed by atoms with E-state index in [1.807, 2.05) is 6.07 Å². The predicted molar refractivity (Wildman–Crippen MR) is 95.8 cm³/mol. The van der Waals surface area contributed by atoms with Gasteiger partial charge in [0, 0.05) is 11.6 Å². The standard InChI is InChI=1S/C21H13FN2O4/c22-13-4-1-3-12(9-13)19-15-7-6-14(27-21(25)17-5-2-8-26-17)10-18(15)28-20(24)16(19)11-23/h1-10,19H,24H2. The Morgan fingerprint density at radius 1 is 1.18 bits per heavy atom. The van der Waals surface area contributed by atoms with E-state index in [-0.39, 0.29) is 23.0 Å². The normalized spacial score (nSPS) is 15.4. The maximum atomic E-state index is 13.7. The van der Waals surface area contributed by atoms with Crippen molar-refractivity contribution in [2.45, 2.75) is 5.92 Å². The fourth-order valence-electron chi connectivity index (χ4n) is 3.08. The highest BCUT2D eigenvalue weighted by atomic mass is 19.1. The second kappa shape index (κ2) is 6.93. The van der Waals surface area contributed by atoms with E-state index >= 15 is 0 Å². The molecule has 0 bridgehead atoms. The Balaban J connectivity index is 1.73. The molecule has 28 heavy (non-hydrogen) atoms. The molecule has 1 unspecified atom stereocenters. The number of carbonyl (C=O) groups is 1. The summed E-state index contributed by atoms with van der Waals surface area (Å²) in [5, 5.41) is 9.53. The number of allylic oxidation sites excluding steroid dienone is 1. The zero-order chi connectivity index (χ0) is 19.7. The highest BCUT2D eigenvalue weighted by Gasteiger charge is 2.31. The first-order chi connectivity index (χ1) is 13.6. The second-order valence-corrected chi connectivity index (χ2v) is 6.05. The highest BCUT2D eigenvalue weighted by molar-refractivity contribution is 5.88. The van der Waals surface area contributed by atoms with Crippen LogP contribution in [0.4, 0.5) is 4.39 Å². The lowest BCUT2D eigenvalue weighted by Gasteiger charge is -2.26. The molecule has 1 aliphatic rings. The minimum Gasteiger partial charge on any atom is -0.457 e. The summed E-state index contributed by atoms with van der Waals surface area (Å²) in [5.41, 5.74) is 7.26. The van der Waals surface area contributed by atoms with Crippen LogP contribution in [0.25, 0.3) is 0 Å². The van der Waals surface area contributed by atoms with E-state index in [1.54, 1.807) is 30.3 Å². The first kappa shape index (κ1) is 17.4. The zero-order valence-corrected chi connectivity index (χ0v) is 14.4. The Bertz CT molecular complexity index is 1130. The van der Waals surface area contributed by atoms with Gasteiger partial charge in [-0.2, -0.15) is 5.26 Å². The van der Waals surface area contributed by atoms with Crippen molar-refractivity contribution >= 4 is 5.97 Å². The van der Waals surface area contributed by atoms with Gasteiger partial charge in [0.15, 0.2) is 0 Å². The maximum Gasteiger partial charge on any atom is 0.379 e. The van der Waals surface area contributed by atoms with E-state index in [0.717, 1.165) is 0 Å². The summed E-state index contributed by atoms with van der Waals surface area (Å²) >= 11 is 0. The first-order valence-electron chi connectivity index (χ1n) is 8.29. The maximum absolute atomic E-state index is 13.7. The number of esters is 1. The molecule has 4 rings (SSSR count). The molecule has 0 amide bonds. The van der Waals surface area contributed by atoms with E-state index in [1.165, 1.54) is 30.5 Å². The smallest absolute Gasteiger partial charge is 0.379 e. The monoisotopic (exact) mass is 376 g/mol. The summed E-state index contributed by atoms with van der Waals surface area (Å²) in [6.45, 7) is 0. The van der Waals surface area contributed by atoms with E-state index in [4.69, 9.17) is 19.6 Å². The van der Waals surface area contributed by atoms with Gasteiger partial charge < -0.3 is 19.6 Å². The molecule has 138 valence electrons. The Labute approximate surface area is 159 Å². The zero-order valence-electron chi connectivity index (χ0n) is 14.4. The number of benzene rings is 2. The summed E-state index contributed by atoms with van der Waals surface area (Å²) in [7, 11) is 0. The Morgan fingerprint density at radius 2 is 2.04 bits per heavy atom. The molecule has 1 atom stereocenters. The van der Waals surface area contributed by atoms with Crippen molar-refractivity contribution in [2.24, 2.45) is 5.73 Å². The second-order valence-electron chi connectivity index (χ2n) is 6.05. The van der Waals surface area contributed by atoms with Gasteiger partial charge in [0.25, 0.3) is 0 Å². The summed E-state index contributed by atoms with van der Waals surface area (Å²) in [6.07, 6.45) is 1.37. The minimum absolute atomic E-state index is 0.0578. The van der Waals surface area contributed by atoms with Crippen LogP contribution in [0.3, 0.4) is 0 Å². The predicted octanol–water partition coefficient (Wildman–Crippen LogP) is 3.86. The Kier molecular flexibility index (Phi) is 4.30. The van der Waals surface area contributed by atoms with Crippen LogP contribution in [-0.2, 0) is 0 Å². The molecule has 0 saturated carbocycles. The molecule has 1 aromatic heterocycles. The largest absolute Gasteiger partial charge is 0.457 e. The average molecular weight is 376 g/mol. The topological polar surface area (TPSA) is 98.5 Å². The van der Waals surface area contributed by atoms with Crippen molar-refractivity contribution in [3.63, 3.8) is 0 Å². The summed E-state index contributed by atoms with van der Waals surface area (Å²) in [6, 6.07) is 15.7. The van der Waals surface area contributed by atoms with E-state index in [2.05, 4.69) is 0 Å². The Morgan fingerprint density at radius 3 is 2.75 bits per heavy atom. The van der Waals surface area contributed by atoms with Crippen molar-refractivity contribution in [1.82, 2.24) is 0 Å². The molecule has 0 spiro atoms. The number of hydrogen-bond acceptors (Lipinski definition) is 6. The van der Waals surface area contributed by atoms with E-state index < -0.39 is 17.7 Å². The molecule has 2 aromatic carbocycles. The van der Waals surface area contributed by atoms with Crippen LogP contribution in [0.5, 0.6) is 11.5 Å². The van der Waals surface area contributed by atoms with Gasteiger partial charge in [-0.25, -0.2) is 9.18 Å². The van der Waals surface area contributed by atoms with Crippen LogP contribution >= 0.6 is 0 Å². The number of nitrogens with two attached hydrogens (primary N) is 1. The molecule has 0 fully saturated rings. The van der Waals surface area contributed by atoms with Crippen molar-refractivity contribution in [1.29, 1.82) is 5.26 Å². The number of halogens is 1. The lowest BCUT2D eigenvalue weighted by Crippen LogP contribution is -2.21. The van der Waals surface area contributed by atoms with Crippen molar-refractivity contribution < 1.29 is 23.1 Å². The van der Waals surface area contributed by atoms with Crippen molar-refractivity contribution in [3.8, 4) is 17.6 Å². The minimum atomic E-state index is -0.663. The fourth-order valence-corrected chi connectivity index (χ4v) is 3.08. The molecule has 0 radical (unpaired) electrons. The number of carbonyl (C=O) groups excluding carboxylic acids is 1. The molecular formula is C21H13FN2O4. The summed E-state index contributed by atoms with van der Waals surface area (Å²) < 4.78 is 29.6. The molecule has 2 heterocycles. The number of furan rings is 1. The third-order valence-electron chi connectivity index (χ3n) is 4.31. The number of fused-ring (bicyclic) bond motifs is 1. The van der Waals surface area contributed by atoms with Crippen LogP contribution in [0, 0.1) is 17.1 Å². The van der Waals surface area contributed by atoms with Gasteiger partial charge >= 0.3 is 5.97 Å². The van der Waals surface area contributed by atoms with Gasteiger partial charge in [0.1, 0.15) is 29.0 Å². The average Bonchev–Trinajstić information content (AvgIpc) is 3.21. The van der Waals surface area contributed by atoms with Gasteiger partial charge in [-0.3, -0.25) is 0 Å². The van der Waals surface area contributed by atoms with Gasteiger partial charge in [-0.05, 0) is 35.9 Å². The third-order valence-corrected chi connectivity index (χ3v) is 4.31.